The highest BCUT2D eigenvalue weighted by Crippen LogP contribution is 2.40. The van der Waals surface area contributed by atoms with Gasteiger partial charge < -0.3 is 29.9 Å². The fourth-order valence-corrected chi connectivity index (χ4v) is 4.16. The van der Waals surface area contributed by atoms with Gasteiger partial charge in [-0.1, -0.05) is 55.4 Å². The van der Waals surface area contributed by atoms with Crippen molar-refractivity contribution >= 4 is 11.9 Å². The number of carboxylic acid groups (broad SMARTS) is 1. The minimum absolute atomic E-state index is 0.170. The van der Waals surface area contributed by atoms with Gasteiger partial charge in [0, 0.05) is 6.08 Å². The van der Waals surface area contributed by atoms with E-state index in [1.165, 1.54) is 24.0 Å². The summed E-state index contributed by atoms with van der Waals surface area (Å²) >= 11 is 0. The Hall–Kier alpha value is -2.52. The Balaban J connectivity index is 1.98. The zero-order chi connectivity index (χ0) is 25.6. The van der Waals surface area contributed by atoms with Crippen molar-refractivity contribution in [3.8, 4) is 0 Å². The first-order valence-corrected chi connectivity index (χ1v) is 11.4. The minimum Gasteiger partial charge on any atom is -0.479 e. The maximum Gasteiger partial charge on any atom is 0.335 e. The molecule has 5 atom stereocenters. The average molecular weight is 477 g/mol. The van der Waals surface area contributed by atoms with Crippen molar-refractivity contribution in [1.82, 2.24) is 0 Å². The largest absolute Gasteiger partial charge is 0.479 e. The van der Waals surface area contributed by atoms with Gasteiger partial charge in [-0.15, -0.1) is 0 Å². The molecule has 0 aromatic rings. The van der Waals surface area contributed by atoms with Gasteiger partial charge in [0.25, 0.3) is 0 Å². The minimum atomic E-state index is -1.85. The number of carboxylic acids is 1. The molecular formula is C26H36O8. The number of rotatable bonds is 7. The molecule has 4 N–H and O–H groups in total. The van der Waals surface area contributed by atoms with Crippen LogP contribution >= 0.6 is 0 Å². The fourth-order valence-electron chi connectivity index (χ4n) is 4.16. The van der Waals surface area contributed by atoms with Crippen molar-refractivity contribution in [1.29, 1.82) is 0 Å². The Morgan fingerprint density at radius 1 is 1.06 bits per heavy atom. The molecular weight excluding hydrogens is 440 g/mol. The van der Waals surface area contributed by atoms with Crippen LogP contribution < -0.4 is 0 Å². The molecule has 2 aliphatic rings. The summed E-state index contributed by atoms with van der Waals surface area (Å²) < 4.78 is 9.88. The molecule has 8 nitrogen and oxygen atoms in total. The summed E-state index contributed by atoms with van der Waals surface area (Å²) in [6.45, 7) is 10.4. The van der Waals surface area contributed by atoms with Crippen LogP contribution in [-0.4, -0.2) is 63.1 Å². The summed E-state index contributed by atoms with van der Waals surface area (Å²) in [7, 11) is 0. The molecule has 0 saturated carbocycles. The Labute approximate surface area is 200 Å². The first-order valence-electron chi connectivity index (χ1n) is 11.4. The summed E-state index contributed by atoms with van der Waals surface area (Å²) in [5.74, 6) is -2.44. The zero-order valence-corrected chi connectivity index (χ0v) is 20.4. The highest BCUT2D eigenvalue weighted by atomic mass is 16.7. The van der Waals surface area contributed by atoms with Gasteiger partial charge in [-0.05, 0) is 56.6 Å². The summed E-state index contributed by atoms with van der Waals surface area (Å²) in [5.41, 5.74) is 4.56. The lowest BCUT2D eigenvalue weighted by Crippen LogP contribution is -2.60. The number of carbonyl (C=O) groups is 2. The molecule has 1 fully saturated rings. The second kappa shape index (κ2) is 11.8. The van der Waals surface area contributed by atoms with Crippen LogP contribution in [0.3, 0.4) is 0 Å². The number of hydrogen-bond acceptors (Lipinski definition) is 7. The molecule has 0 aromatic heterocycles. The van der Waals surface area contributed by atoms with E-state index in [9.17, 15) is 24.9 Å². The first kappa shape index (κ1) is 27.7. The van der Waals surface area contributed by atoms with Crippen molar-refractivity contribution in [2.45, 2.75) is 84.6 Å². The third kappa shape index (κ3) is 7.24. The van der Waals surface area contributed by atoms with Crippen LogP contribution in [0.4, 0.5) is 0 Å². The van der Waals surface area contributed by atoms with E-state index in [0.29, 0.717) is 5.57 Å². The number of ether oxygens (including phenoxy) is 2. The van der Waals surface area contributed by atoms with Gasteiger partial charge in [0.2, 0.25) is 6.29 Å². The molecule has 2 rings (SSSR count). The number of aliphatic hydroxyl groups excluding tert-OH is 3. The number of allylic oxidation sites excluding steroid dienone is 9. The lowest BCUT2D eigenvalue weighted by atomic mass is 9.72. The monoisotopic (exact) mass is 476 g/mol. The van der Waals surface area contributed by atoms with Gasteiger partial charge in [0.1, 0.15) is 18.3 Å². The standard InChI is InChI=1S/C26H36O8/c1-15(11-12-18-17(3)10-7-13-26(18,4)5)8-6-9-16(2)14-19(27)33-25-22(30)20(28)21(29)23(34-25)24(31)32/h6,8-9,11-12,14,20-23,25,28-30H,7,10,13H2,1-5H3,(H,31,32)/t20-,21-,22+,23-,25?/m0/s1. The maximum absolute atomic E-state index is 12.2. The number of hydrogen-bond donors (Lipinski definition) is 4. The normalized spacial score (nSPS) is 30.8. The molecule has 0 aromatic carbocycles. The van der Waals surface area contributed by atoms with Gasteiger partial charge in [0.15, 0.2) is 6.10 Å². The smallest absolute Gasteiger partial charge is 0.335 e. The molecule has 188 valence electrons. The molecule has 1 heterocycles. The van der Waals surface area contributed by atoms with Crippen molar-refractivity contribution in [2.24, 2.45) is 5.41 Å². The molecule has 34 heavy (non-hydrogen) atoms. The van der Waals surface area contributed by atoms with Crippen molar-refractivity contribution in [3.63, 3.8) is 0 Å². The number of carbonyl (C=O) groups excluding carboxylic acids is 1. The van der Waals surface area contributed by atoms with Gasteiger partial charge >= 0.3 is 11.9 Å². The topological polar surface area (TPSA) is 134 Å². The molecule has 1 aliphatic carbocycles. The van der Waals surface area contributed by atoms with Crippen molar-refractivity contribution in [3.05, 3.63) is 58.7 Å². The van der Waals surface area contributed by atoms with Crippen LogP contribution in [0, 0.1) is 5.41 Å². The lowest BCUT2D eigenvalue weighted by molar-refractivity contribution is -0.284. The fraction of sp³-hybridized carbons (Fsp3) is 0.538. The summed E-state index contributed by atoms with van der Waals surface area (Å²) in [5, 5.41) is 38.5. The molecule has 0 bridgehead atoms. The Bertz CT molecular complexity index is 921. The van der Waals surface area contributed by atoms with E-state index in [-0.39, 0.29) is 5.41 Å². The van der Waals surface area contributed by atoms with Crippen LogP contribution in [0.15, 0.2) is 58.7 Å². The predicted octanol–water partition coefficient (Wildman–Crippen LogP) is 2.95. The predicted molar refractivity (Wildman–Crippen MR) is 127 cm³/mol. The van der Waals surface area contributed by atoms with Crippen LogP contribution in [0.5, 0.6) is 0 Å². The van der Waals surface area contributed by atoms with E-state index in [1.807, 2.05) is 13.0 Å². The van der Waals surface area contributed by atoms with Crippen LogP contribution in [0.25, 0.3) is 0 Å². The lowest BCUT2D eigenvalue weighted by Gasteiger charge is -2.37. The van der Waals surface area contributed by atoms with Gasteiger partial charge in [-0.25, -0.2) is 9.59 Å². The highest BCUT2D eigenvalue weighted by Gasteiger charge is 2.48. The van der Waals surface area contributed by atoms with Crippen LogP contribution in [0.2, 0.25) is 0 Å². The van der Waals surface area contributed by atoms with E-state index >= 15 is 0 Å². The average Bonchev–Trinajstić information content (AvgIpc) is 2.73. The quantitative estimate of drug-likeness (QED) is 0.250. The molecule has 1 saturated heterocycles. The van der Waals surface area contributed by atoms with Crippen LogP contribution in [-0.2, 0) is 19.1 Å². The Kier molecular flexibility index (Phi) is 9.58. The molecule has 0 spiro atoms. The molecule has 8 heteroatoms. The number of aliphatic carboxylic acids is 1. The molecule has 0 amide bonds. The first-order chi connectivity index (χ1) is 15.8. The third-order valence-corrected chi connectivity index (χ3v) is 6.16. The summed E-state index contributed by atoms with van der Waals surface area (Å²) in [6, 6.07) is 0. The second-order valence-corrected chi connectivity index (χ2v) is 9.59. The van der Waals surface area contributed by atoms with Gasteiger partial charge in [0.05, 0.1) is 0 Å². The van der Waals surface area contributed by atoms with E-state index in [2.05, 4.69) is 32.9 Å². The summed E-state index contributed by atoms with van der Waals surface area (Å²) in [4.78, 5) is 23.3. The molecule has 1 aliphatic heterocycles. The Morgan fingerprint density at radius 3 is 2.35 bits per heavy atom. The maximum atomic E-state index is 12.2. The van der Waals surface area contributed by atoms with E-state index < -0.39 is 42.6 Å². The molecule has 0 radical (unpaired) electrons. The SMILES string of the molecule is CC(C=CC1=C(C)CCCC1(C)C)=CC=CC(C)=CC(=O)OC1O[C@H](C(=O)O)[C@@H](O)[C@H](O)[C@H]1O. The highest BCUT2D eigenvalue weighted by molar-refractivity contribution is 5.83. The van der Waals surface area contributed by atoms with Gasteiger partial charge in [-0.2, -0.15) is 0 Å². The van der Waals surface area contributed by atoms with Crippen molar-refractivity contribution < 1.29 is 39.5 Å². The van der Waals surface area contributed by atoms with Crippen molar-refractivity contribution in [2.75, 3.05) is 0 Å². The number of esters is 1. The van der Waals surface area contributed by atoms with Gasteiger partial charge in [-0.3, -0.25) is 0 Å². The second-order valence-electron chi connectivity index (χ2n) is 9.59. The third-order valence-electron chi connectivity index (χ3n) is 6.16. The van der Waals surface area contributed by atoms with E-state index in [0.717, 1.165) is 18.1 Å². The number of aliphatic hydroxyl groups is 3. The summed E-state index contributed by atoms with van der Waals surface area (Å²) in [6.07, 6.45) is 5.29. The van der Waals surface area contributed by atoms with E-state index in [4.69, 9.17) is 14.6 Å². The Morgan fingerprint density at radius 2 is 1.74 bits per heavy atom. The van der Waals surface area contributed by atoms with Crippen LogP contribution in [0.1, 0.15) is 53.9 Å². The van der Waals surface area contributed by atoms with E-state index in [1.54, 1.807) is 19.1 Å². The zero-order valence-electron chi connectivity index (χ0n) is 20.4. The molecule has 1 unspecified atom stereocenters.